The van der Waals surface area contributed by atoms with Crippen molar-refractivity contribution >= 4 is 48.9 Å². The van der Waals surface area contributed by atoms with Gasteiger partial charge in [0.15, 0.2) is 0 Å². The number of nitro groups is 2. The second-order valence-corrected chi connectivity index (χ2v) is 7.31. The number of halogens is 2. The number of benzene rings is 2. The molecule has 0 radical (unpaired) electrons. The lowest BCUT2D eigenvalue weighted by molar-refractivity contribution is -0.385. The zero-order valence-electron chi connectivity index (χ0n) is 13.8. The van der Waals surface area contributed by atoms with Gasteiger partial charge in [-0.2, -0.15) is 0 Å². The molecule has 8 nitrogen and oxygen atoms in total. The van der Waals surface area contributed by atoms with Crippen LogP contribution in [-0.2, 0) is 6.42 Å². The van der Waals surface area contributed by atoms with Gasteiger partial charge in [0.2, 0.25) is 0 Å². The Morgan fingerprint density at radius 3 is 2.12 bits per heavy atom. The van der Waals surface area contributed by atoms with E-state index in [-0.39, 0.29) is 17.8 Å². The first-order valence-electron chi connectivity index (χ1n) is 7.63. The molecule has 26 heavy (non-hydrogen) atoms. The van der Waals surface area contributed by atoms with Crippen molar-refractivity contribution in [2.24, 2.45) is 5.73 Å². The molecule has 0 bridgehead atoms. The minimum Gasteiger partial charge on any atom is -0.351 e. The van der Waals surface area contributed by atoms with Gasteiger partial charge in [-0.3, -0.25) is 20.2 Å². The van der Waals surface area contributed by atoms with Gasteiger partial charge in [-0.1, -0.05) is 31.9 Å². The van der Waals surface area contributed by atoms with Crippen molar-refractivity contribution in [1.29, 1.82) is 0 Å². The summed E-state index contributed by atoms with van der Waals surface area (Å²) in [5.74, 6) is 0. The van der Waals surface area contributed by atoms with Crippen molar-refractivity contribution in [3.05, 3.63) is 71.1 Å². The highest BCUT2D eigenvalue weighted by Gasteiger charge is 2.25. The molecule has 0 saturated heterocycles. The van der Waals surface area contributed by atoms with E-state index < -0.39 is 16.0 Å². The van der Waals surface area contributed by atoms with Crippen molar-refractivity contribution in [1.82, 2.24) is 0 Å². The Labute approximate surface area is 166 Å². The minimum absolute atomic E-state index is 0.0385. The van der Waals surface area contributed by atoms with Crippen LogP contribution in [0.2, 0.25) is 0 Å². The average molecular weight is 488 g/mol. The molecule has 0 aliphatic rings. The normalized spacial score (nSPS) is 11.8. The van der Waals surface area contributed by atoms with Crippen LogP contribution < -0.4 is 10.6 Å². The molecule has 0 aliphatic carbocycles. The third-order valence-corrected chi connectivity index (χ3v) is 4.84. The Morgan fingerprint density at radius 1 is 1.04 bits per heavy atom. The summed E-state index contributed by atoms with van der Waals surface area (Å²) in [6, 6.07) is 9.24. The summed E-state index contributed by atoms with van der Waals surface area (Å²) in [4.78, 5) is 23.3. The highest BCUT2D eigenvalue weighted by atomic mass is 79.9. The summed E-state index contributed by atoms with van der Waals surface area (Å²) >= 11 is 6.62. The molecule has 0 fully saturated rings. The van der Waals surface area contributed by atoms with Gasteiger partial charge < -0.3 is 10.6 Å². The SMILES string of the molecule is CCN(c1cc(Br)ccc1[N+](=O)[O-])C(N)Cc1cc(Br)ccc1[N+](=O)[O-]. The standard InChI is InChI=1S/C16H16Br2N4O4/c1-2-20(15-9-12(18)4-6-14(15)22(25)26)16(19)8-10-7-11(17)3-5-13(10)21(23)24/h3-7,9,16H,2,8,19H2,1H3. The number of rotatable bonds is 7. The van der Waals surface area contributed by atoms with Crippen molar-refractivity contribution in [2.45, 2.75) is 19.5 Å². The Morgan fingerprint density at radius 2 is 1.58 bits per heavy atom. The lowest BCUT2D eigenvalue weighted by Gasteiger charge is -2.29. The van der Waals surface area contributed by atoms with E-state index in [2.05, 4.69) is 31.9 Å². The van der Waals surface area contributed by atoms with Crippen molar-refractivity contribution in [3.8, 4) is 0 Å². The van der Waals surface area contributed by atoms with Crippen LogP contribution in [-0.4, -0.2) is 22.6 Å². The monoisotopic (exact) mass is 486 g/mol. The fourth-order valence-corrected chi connectivity index (χ4v) is 3.45. The average Bonchev–Trinajstić information content (AvgIpc) is 2.55. The topological polar surface area (TPSA) is 116 Å². The molecular weight excluding hydrogens is 472 g/mol. The predicted molar refractivity (Wildman–Crippen MR) is 106 cm³/mol. The first-order valence-corrected chi connectivity index (χ1v) is 9.22. The number of nitro benzene ring substituents is 2. The van der Waals surface area contributed by atoms with Crippen LogP contribution in [0, 0.1) is 20.2 Å². The molecule has 2 aromatic rings. The third kappa shape index (κ3) is 4.57. The number of likely N-dealkylation sites (N-methyl/N-ethyl adjacent to an activating group) is 1. The quantitative estimate of drug-likeness (QED) is 0.352. The maximum atomic E-state index is 11.3. The van der Waals surface area contributed by atoms with E-state index in [1.165, 1.54) is 12.1 Å². The van der Waals surface area contributed by atoms with E-state index in [9.17, 15) is 20.2 Å². The van der Waals surface area contributed by atoms with Gasteiger partial charge >= 0.3 is 0 Å². The first kappa shape index (κ1) is 20.3. The van der Waals surface area contributed by atoms with Crippen LogP contribution in [0.25, 0.3) is 0 Å². The lowest BCUT2D eigenvalue weighted by atomic mass is 10.1. The van der Waals surface area contributed by atoms with Gasteiger partial charge in [0.25, 0.3) is 11.4 Å². The Kier molecular flexibility index (Phi) is 6.68. The second-order valence-electron chi connectivity index (χ2n) is 5.48. The number of anilines is 1. The molecule has 2 N–H and O–H groups in total. The molecule has 0 saturated carbocycles. The molecule has 0 spiro atoms. The summed E-state index contributed by atoms with van der Waals surface area (Å²) in [5.41, 5.74) is 6.98. The minimum atomic E-state index is -0.680. The zero-order chi connectivity index (χ0) is 19.4. The van der Waals surface area contributed by atoms with Crippen LogP contribution in [0.5, 0.6) is 0 Å². The van der Waals surface area contributed by atoms with Crippen molar-refractivity contribution in [3.63, 3.8) is 0 Å². The van der Waals surface area contributed by atoms with E-state index in [0.29, 0.717) is 26.7 Å². The number of hydrogen-bond donors (Lipinski definition) is 1. The third-order valence-electron chi connectivity index (χ3n) is 3.85. The predicted octanol–water partition coefficient (Wildman–Crippen LogP) is 4.38. The Hall–Kier alpha value is -2.04. The van der Waals surface area contributed by atoms with Crippen molar-refractivity contribution < 1.29 is 9.85 Å². The van der Waals surface area contributed by atoms with Gasteiger partial charge in [-0.15, -0.1) is 0 Å². The second kappa shape index (κ2) is 8.56. The van der Waals surface area contributed by atoms with E-state index in [0.717, 1.165) is 0 Å². The van der Waals surface area contributed by atoms with Gasteiger partial charge in [-0.05, 0) is 31.2 Å². The van der Waals surface area contributed by atoms with E-state index >= 15 is 0 Å². The number of nitrogens with zero attached hydrogens (tertiary/aromatic N) is 3. The molecular formula is C16H16Br2N4O4. The largest absolute Gasteiger partial charge is 0.351 e. The molecule has 0 heterocycles. The van der Waals surface area contributed by atoms with Crippen LogP contribution in [0.4, 0.5) is 17.1 Å². The summed E-state index contributed by atoms with van der Waals surface area (Å²) in [6.45, 7) is 2.22. The summed E-state index contributed by atoms with van der Waals surface area (Å²) in [6.07, 6.45) is -0.520. The van der Waals surface area contributed by atoms with Gasteiger partial charge in [0.05, 0.1) is 16.0 Å². The fraction of sp³-hybridized carbons (Fsp3) is 0.250. The molecule has 2 aromatic carbocycles. The lowest BCUT2D eigenvalue weighted by Crippen LogP contribution is -2.44. The van der Waals surface area contributed by atoms with E-state index in [1.54, 1.807) is 29.2 Å². The molecule has 0 amide bonds. The van der Waals surface area contributed by atoms with Gasteiger partial charge in [0, 0.05) is 39.6 Å². The Bertz CT molecular complexity index is 847. The maximum Gasteiger partial charge on any atom is 0.292 e. The number of hydrogen-bond acceptors (Lipinski definition) is 6. The van der Waals surface area contributed by atoms with E-state index in [4.69, 9.17) is 5.73 Å². The number of nitrogens with two attached hydrogens (primary N) is 1. The summed E-state index contributed by atoms with van der Waals surface area (Å²) in [5, 5.41) is 22.6. The Balaban J connectivity index is 2.41. The summed E-state index contributed by atoms with van der Waals surface area (Å²) in [7, 11) is 0. The molecule has 1 unspecified atom stereocenters. The van der Waals surface area contributed by atoms with E-state index in [1.807, 2.05) is 6.92 Å². The van der Waals surface area contributed by atoms with Crippen LogP contribution in [0.3, 0.4) is 0 Å². The van der Waals surface area contributed by atoms with Crippen molar-refractivity contribution in [2.75, 3.05) is 11.4 Å². The molecule has 10 heteroatoms. The molecule has 138 valence electrons. The highest BCUT2D eigenvalue weighted by molar-refractivity contribution is 9.10. The van der Waals surface area contributed by atoms with Crippen LogP contribution in [0.1, 0.15) is 12.5 Å². The molecule has 1 atom stereocenters. The maximum absolute atomic E-state index is 11.3. The molecule has 2 rings (SSSR count). The smallest absolute Gasteiger partial charge is 0.292 e. The van der Waals surface area contributed by atoms with Gasteiger partial charge in [-0.25, -0.2) is 0 Å². The fourth-order valence-electron chi connectivity index (χ4n) is 2.70. The van der Waals surface area contributed by atoms with Gasteiger partial charge in [0.1, 0.15) is 5.69 Å². The molecule has 0 aromatic heterocycles. The summed E-state index contributed by atoms with van der Waals surface area (Å²) < 4.78 is 1.37. The van der Waals surface area contributed by atoms with Crippen LogP contribution in [0.15, 0.2) is 45.3 Å². The zero-order valence-corrected chi connectivity index (χ0v) is 16.9. The van der Waals surface area contributed by atoms with Crippen LogP contribution >= 0.6 is 31.9 Å². The molecule has 0 aliphatic heterocycles. The first-order chi connectivity index (χ1) is 12.2. The highest BCUT2D eigenvalue weighted by Crippen LogP contribution is 2.33.